The van der Waals surface area contributed by atoms with Crippen molar-refractivity contribution in [3.05, 3.63) is 106 Å². The minimum absolute atomic E-state index is 0.0430. The molecule has 3 aromatic carbocycles. The Bertz CT molecular complexity index is 1090. The number of rotatable bonds is 3. The zero-order chi connectivity index (χ0) is 19.0. The number of fused-ring (bicyclic) bond motifs is 2. The fraction of sp³-hybridized carbons (Fsp3) is 0.154. The molecule has 0 heterocycles. The van der Waals surface area contributed by atoms with E-state index in [-0.39, 0.29) is 5.41 Å². The first kappa shape index (κ1) is 18.2. The van der Waals surface area contributed by atoms with Gasteiger partial charge in [0, 0.05) is 8.99 Å². The van der Waals surface area contributed by atoms with Crippen LogP contribution in [-0.4, -0.2) is 0 Å². The van der Waals surface area contributed by atoms with Gasteiger partial charge >= 0.3 is 0 Å². The van der Waals surface area contributed by atoms with Crippen molar-refractivity contribution in [1.82, 2.24) is 0 Å². The van der Waals surface area contributed by atoms with E-state index in [1.165, 1.54) is 42.2 Å². The van der Waals surface area contributed by atoms with Crippen molar-refractivity contribution in [2.24, 2.45) is 0 Å². The Kier molecular flexibility index (Phi) is 4.81. The number of hydrogen-bond acceptors (Lipinski definition) is 0. The van der Waals surface area contributed by atoms with Crippen LogP contribution in [0.5, 0.6) is 0 Å². The molecule has 0 aromatic heterocycles. The molecule has 0 unspecified atom stereocenters. The Balaban J connectivity index is 1.83. The van der Waals surface area contributed by atoms with Crippen LogP contribution in [0.4, 0.5) is 0 Å². The molecule has 0 nitrogen and oxygen atoms in total. The molecule has 0 N–H and O–H groups in total. The molecule has 0 atom stereocenters. The third-order valence-corrected chi connectivity index (χ3v) is 6.33. The number of hydrogen-bond donors (Lipinski definition) is 0. The Morgan fingerprint density at radius 1 is 1.04 bits per heavy atom. The Morgan fingerprint density at radius 2 is 1.81 bits per heavy atom. The fourth-order valence-electron chi connectivity index (χ4n) is 4.11. The molecule has 0 saturated heterocycles. The van der Waals surface area contributed by atoms with Crippen LogP contribution in [-0.2, 0) is 11.8 Å². The molecular weight excluding hydrogens is 439 g/mol. The summed E-state index contributed by atoms with van der Waals surface area (Å²) in [4.78, 5) is 0. The van der Waals surface area contributed by atoms with Crippen LogP contribution < -0.4 is 0 Å². The van der Waals surface area contributed by atoms with Gasteiger partial charge in [-0.15, -0.1) is 0 Å². The molecule has 0 amide bonds. The van der Waals surface area contributed by atoms with E-state index in [0.717, 1.165) is 6.42 Å². The lowest BCUT2D eigenvalue weighted by molar-refractivity contribution is 0.644. The van der Waals surface area contributed by atoms with Crippen LogP contribution in [0.1, 0.15) is 25.0 Å². The zero-order valence-corrected chi connectivity index (χ0v) is 18.0. The molecule has 0 aliphatic heterocycles. The molecule has 0 radical (unpaired) electrons. The summed E-state index contributed by atoms with van der Waals surface area (Å²) in [5, 5.41) is 2.61. The molecular formula is C26H23I. The second-order valence-corrected chi connectivity index (χ2v) is 8.90. The average Bonchev–Trinajstić information content (AvgIpc) is 2.91. The lowest BCUT2D eigenvalue weighted by Gasteiger charge is -2.23. The first-order chi connectivity index (χ1) is 13.0. The first-order valence-electron chi connectivity index (χ1n) is 9.31. The van der Waals surface area contributed by atoms with Gasteiger partial charge in [0.15, 0.2) is 0 Å². The molecule has 0 spiro atoms. The third kappa shape index (κ3) is 3.29. The summed E-state index contributed by atoms with van der Waals surface area (Å²) >= 11 is 2.39. The van der Waals surface area contributed by atoms with Gasteiger partial charge in [0.1, 0.15) is 0 Å². The van der Waals surface area contributed by atoms with Crippen molar-refractivity contribution in [3.63, 3.8) is 0 Å². The highest BCUT2D eigenvalue weighted by atomic mass is 127. The monoisotopic (exact) mass is 462 g/mol. The number of allylic oxidation sites excluding steroid dienone is 5. The van der Waals surface area contributed by atoms with E-state index in [1.807, 2.05) is 6.08 Å². The molecule has 1 heteroatoms. The summed E-state index contributed by atoms with van der Waals surface area (Å²) in [7, 11) is 0. The topological polar surface area (TPSA) is 0 Å². The van der Waals surface area contributed by atoms with Gasteiger partial charge in [-0.1, -0.05) is 86.7 Å². The summed E-state index contributed by atoms with van der Waals surface area (Å²) in [6.45, 7) is 8.50. The highest BCUT2D eigenvalue weighted by Crippen LogP contribution is 2.45. The van der Waals surface area contributed by atoms with Crippen LogP contribution in [0.3, 0.4) is 0 Å². The van der Waals surface area contributed by atoms with Crippen LogP contribution in [0.25, 0.3) is 21.9 Å². The molecule has 4 rings (SSSR count). The maximum absolute atomic E-state index is 3.81. The van der Waals surface area contributed by atoms with Gasteiger partial charge in [-0.2, -0.15) is 0 Å². The Hall–Kier alpha value is -2.13. The van der Waals surface area contributed by atoms with Gasteiger partial charge in [-0.25, -0.2) is 0 Å². The van der Waals surface area contributed by atoms with Gasteiger partial charge in [0.25, 0.3) is 0 Å². The van der Waals surface area contributed by atoms with Gasteiger partial charge in [-0.3, -0.25) is 0 Å². The lowest BCUT2D eigenvalue weighted by atomic mass is 9.81. The van der Waals surface area contributed by atoms with Crippen molar-refractivity contribution in [2.45, 2.75) is 25.7 Å². The molecule has 1 aliphatic carbocycles. The second-order valence-electron chi connectivity index (χ2n) is 7.66. The normalized spacial score (nSPS) is 17.3. The minimum Gasteiger partial charge on any atom is -0.0990 e. The maximum atomic E-state index is 3.81. The van der Waals surface area contributed by atoms with E-state index >= 15 is 0 Å². The summed E-state index contributed by atoms with van der Waals surface area (Å²) in [6, 6.07) is 22.2. The Labute approximate surface area is 175 Å². The second kappa shape index (κ2) is 7.12. The largest absolute Gasteiger partial charge is 0.0990 e. The molecule has 0 saturated carbocycles. The Morgan fingerprint density at radius 3 is 2.63 bits per heavy atom. The van der Waals surface area contributed by atoms with E-state index in [0.29, 0.717) is 0 Å². The highest BCUT2D eigenvalue weighted by molar-refractivity contribution is 14.1. The van der Waals surface area contributed by atoms with Crippen LogP contribution in [0.15, 0.2) is 94.6 Å². The smallest absolute Gasteiger partial charge is 0.0130 e. The van der Waals surface area contributed by atoms with E-state index in [2.05, 4.69) is 116 Å². The predicted molar refractivity (Wildman–Crippen MR) is 126 cm³/mol. The summed E-state index contributed by atoms with van der Waals surface area (Å²) in [5.41, 5.74) is 7.01. The maximum Gasteiger partial charge on any atom is 0.0130 e. The summed E-state index contributed by atoms with van der Waals surface area (Å²) in [6.07, 6.45) is 7.26. The third-order valence-electron chi connectivity index (χ3n) is 5.66. The van der Waals surface area contributed by atoms with E-state index < -0.39 is 0 Å². The zero-order valence-electron chi connectivity index (χ0n) is 15.8. The molecule has 0 fully saturated rings. The van der Waals surface area contributed by atoms with Gasteiger partial charge in [0.05, 0.1) is 0 Å². The lowest BCUT2D eigenvalue weighted by Crippen LogP contribution is -2.15. The van der Waals surface area contributed by atoms with Crippen molar-refractivity contribution < 1.29 is 0 Å². The standard InChI is InChI=1S/C26H23I/c1-4-8-22(27)17-21-15-20-14-13-19(16-25(20)26(21,2)3)24-12-7-10-18-9-5-6-11-23(18)24/h4-14,16-17H,1,15H2,2-3H3/b21-17+,22-8+. The van der Waals surface area contributed by atoms with E-state index in [1.54, 1.807) is 0 Å². The predicted octanol–water partition coefficient (Wildman–Crippen LogP) is 7.77. The van der Waals surface area contributed by atoms with Crippen LogP contribution in [0.2, 0.25) is 0 Å². The minimum atomic E-state index is 0.0430. The van der Waals surface area contributed by atoms with Gasteiger partial charge in [0.2, 0.25) is 0 Å². The van der Waals surface area contributed by atoms with Crippen molar-refractivity contribution in [2.75, 3.05) is 0 Å². The molecule has 1 aliphatic rings. The van der Waals surface area contributed by atoms with Crippen LogP contribution >= 0.6 is 22.6 Å². The molecule has 0 bridgehead atoms. The quantitative estimate of drug-likeness (QED) is 0.276. The van der Waals surface area contributed by atoms with Crippen LogP contribution in [0, 0.1) is 0 Å². The van der Waals surface area contributed by atoms with Gasteiger partial charge in [-0.05, 0) is 80.3 Å². The van der Waals surface area contributed by atoms with E-state index in [4.69, 9.17) is 0 Å². The van der Waals surface area contributed by atoms with Gasteiger partial charge < -0.3 is 0 Å². The SMILES string of the molecule is C=C/C=C(I)\C=C1/Cc2ccc(-c3cccc4ccccc34)cc2C1(C)C. The van der Waals surface area contributed by atoms with Crippen molar-refractivity contribution >= 4 is 33.4 Å². The molecule has 3 aromatic rings. The molecule has 134 valence electrons. The van der Waals surface area contributed by atoms with E-state index in [9.17, 15) is 0 Å². The van der Waals surface area contributed by atoms with Crippen molar-refractivity contribution in [3.8, 4) is 11.1 Å². The summed E-state index contributed by atoms with van der Waals surface area (Å²) in [5.74, 6) is 0. The van der Waals surface area contributed by atoms with Crippen molar-refractivity contribution in [1.29, 1.82) is 0 Å². The summed E-state index contributed by atoms with van der Waals surface area (Å²) < 4.78 is 1.23. The first-order valence-corrected chi connectivity index (χ1v) is 10.4. The fourth-order valence-corrected chi connectivity index (χ4v) is 4.74. The number of halogens is 1. The highest BCUT2D eigenvalue weighted by Gasteiger charge is 2.34. The molecule has 27 heavy (non-hydrogen) atoms. The number of benzene rings is 3. The average molecular weight is 462 g/mol.